The topological polar surface area (TPSA) is 74.3 Å². The van der Waals surface area contributed by atoms with Crippen molar-refractivity contribution in [2.45, 2.75) is 11.8 Å². The summed E-state index contributed by atoms with van der Waals surface area (Å²) < 4.78 is 42.4. The van der Waals surface area contributed by atoms with E-state index in [4.69, 9.17) is 0 Å². The maximum Gasteiger partial charge on any atom is 0.440 e. The summed E-state index contributed by atoms with van der Waals surface area (Å²) in [5, 5.41) is 3.76. The first-order chi connectivity index (χ1) is 12.8. The van der Waals surface area contributed by atoms with Gasteiger partial charge in [-0.25, -0.2) is 14.7 Å². The summed E-state index contributed by atoms with van der Waals surface area (Å²) in [6, 6.07) is 13.0. The molecule has 1 aliphatic rings. The smallest absolute Gasteiger partial charge is 0.323 e. The van der Waals surface area contributed by atoms with Gasteiger partial charge in [0.05, 0.1) is 15.9 Å². The lowest BCUT2D eigenvalue weighted by molar-refractivity contribution is -0.185. The number of carbonyl (C=O) groups is 2. The number of amides is 3. The van der Waals surface area contributed by atoms with Gasteiger partial charge in [-0.05, 0) is 24.3 Å². The van der Waals surface area contributed by atoms with Crippen LogP contribution >= 0.6 is 11.3 Å². The molecule has 1 fully saturated rings. The molecule has 0 saturated carbocycles. The van der Waals surface area contributed by atoms with Crippen LogP contribution in [0, 0.1) is 0 Å². The number of thiazole rings is 1. The van der Waals surface area contributed by atoms with E-state index in [-0.39, 0.29) is 10.8 Å². The summed E-state index contributed by atoms with van der Waals surface area (Å²) in [5.74, 6) is -1.47. The Morgan fingerprint density at radius 1 is 1.04 bits per heavy atom. The molecular formula is C17H11F3N4O2S. The van der Waals surface area contributed by atoms with E-state index in [0.29, 0.717) is 15.1 Å². The average molecular weight is 392 g/mol. The molecule has 1 aromatic heterocycles. The molecule has 1 unspecified atom stereocenters. The highest BCUT2D eigenvalue weighted by Gasteiger charge is 2.68. The molecule has 2 aromatic carbocycles. The van der Waals surface area contributed by atoms with E-state index in [2.05, 4.69) is 10.3 Å². The van der Waals surface area contributed by atoms with Crippen LogP contribution in [0.3, 0.4) is 0 Å². The number of nitrogens with zero attached hydrogens (tertiary/aromatic N) is 2. The third-order valence-corrected chi connectivity index (χ3v) is 5.00. The molecule has 6 nitrogen and oxygen atoms in total. The van der Waals surface area contributed by atoms with Gasteiger partial charge in [-0.1, -0.05) is 41.7 Å². The zero-order chi connectivity index (χ0) is 19.2. The summed E-state index contributed by atoms with van der Waals surface area (Å²) in [7, 11) is 0. The Labute approximate surface area is 154 Å². The van der Waals surface area contributed by atoms with Crippen LogP contribution < -0.4 is 15.5 Å². The van der Waals surface area contributed by atoms with Crippen LogP contribution in [0.5, 0.6) is 0 Å². The highest BCUT2D eigenvalue weighted by atomic mass is 32.1. The van der Waals surface area contributed by atoms with Crippen molar-refractivity contribution in [1.82, 2.24) is 10.3 Å². The number of benzene rings is 2. The SMILES string of the molecule is O=C1NC(Nc2nc3ccccc3s2)(C(F)(F)F)C(=O)N1c1ccccc1. The second kappa shape index (κ2) is 5.95. The highest BCUT2D eigenvalue weighted by Crippen LogP contribution is 2.39. The van der Waals surface area contributed by atoms with Gasteiger partial charge in [0.1, 0.15) is 0 Å². The van der Waals surface area contributed by atoms with E-state index >= 15 is 0 Å². The van der Waals surface area contributed by atoms with Crippen molar-refractivity contribution >= 4 is 44.3 Å². The number of halogens is 3. The number of rotatable bonds is 3. The van der Waals surface area contributed by atoms with Crippen LogP contribution in [-0.2, 0) is 4.79 Å². The molecule has 138 valence electrons. The molecule has 0 radical (unpaired) electrons. The Hall–Kier alpha value is -3.14. The standard InChI is InChI=1S/C17H11F3N4O2S/c18-17(19,20)16(22-14-21-11-8-4-5-9-12(11)27-14)13(25)24(15(26)23-16)10-6-2-1-3-7-10/h1-9H,(H,21,22)(H,23,26). The lowest BCUT2D eigenvalue weighted by Crippen LogP contribution is -2.64. The Balaban J connectivity index is 1.77. The lowest BCUT2D eigenvalue weighted by Gasteiger charge is -2.29. The molecular weight excluding hydrogens is 381 g/mol. The number of nitrogens with one attached hydrogen (secondary N) is 2. The molecule has 0 aliphatic carbocycles. The van der Waals surface area contributed by atoms with E-state index < -0.39 is 23.8 Å². The first-order valence-corrected chi connectivity index (χ1v) is 8.56. The Kier molecular flexibility index (Phi) is 3.81. The quantitative estimate of drug-likeness (QED) is 0.667. The van der Waals surface area contributed by atoms with Crippen LogP contribution in [0.1, 0.15) is 0 Å². The van der Waals surface area contributed by atoms with Crippen LogP contribution in [0.15, 0.2) is 54.6 Å². The molecule has 3 aromatic rings. The molecule has 4 rings (SSSR count). The fraction of sp³-hybridized carbons (Fsp3) is 0.118. The zero-order valence-corrected chi connectivity index (χ0v) is 14.3. The third-order valence-electron chi connectivity index (χ3n) is 4.05. The Bertz CT molecular complexity index is 1000. The second-order valence-corrected chi connectivity index (χ2v) is 6.80. The number of imide groups is 1. The first-order valence-electron chi connectivity index (χ1n) is 7.74. The predicted molar refractivity (Wildman–Crippen MR) is 94.5 cm³/mol. The molecule has 10 heteroatoms. The summed E-state index contributed by atoms with van der Waals surface area (Å²) in [6.45, 7) is 0. The highest BCUT2D eigenvalue weighted by molar-refractivity contribution is 7.22. The maximum atomic E-state index is 13.9. The fourth-order valence-electron chi connectivity index (χ4n) is 2.78. The van der Waals surface area contributed by atoms with Crippen molar-refractivity contribution in [3.63, 3.8) is 0 Å². The van der Waals surface area contributed by atoms with Gasteiger partial charge in [-0.15, -0.1) is 0 Å². The Morgan fingerprint density at radius 3 is 2.37 bits per heavy atom. The van der Waals surface area contributed by atoms with E-state index in [0.717, 1.165) is 11.3 Å². The predicted octanol–water partition coefficient (Wildman–Crippen LogP) is 3.72. The van der Waals surface area contributed by atoms with Crippen molar-refractivity contribution in [2.24, 2.45) is 0 Å². The zero-order valence-electron chi connectivity index (χ0n) is 13.4. The molecule has 1 saturated heterocycles. The van der Waals surface area contributed by atoms with E-state index in [1.54, 1.807) is 35.6 Å². The first kappa shape index (κ1) is 17.3. The van der Waals surface area contributed by atoms with E-state index in [1.165, 1.54) is 24.3 Å². The number of alkyl halides is 3. The molecule has 0 spiro atoms. The van der Waals surface area contributed by atoms with Crippen molar-refractivity contribution in [1.29, 1.82) is 0 Å². The Morgan fingerprint density at radius 2 is 1.70 bits per heavy atom. The van der Waals surface area contributed by atoms with Gasteiger partial charge in [-0.3, -0.25) is 10.1 Å². The van der Waals surface area contributed by atoms with Gasteiger partial charge in [0.25, 0.3) is 11.6 Å². The number of hydrogen-bond donors (Lipinski definition) is 2. The molecule has 0 bridgehead atoms. The molecule has 1 atom stereocenters. The van der Waals surface area contributed by atoms with Gasteiger partial charge in [0.15, 0.2) is 5.13 Å². The minimum Gasteiger partial charge on any atom is -0.323 e. The minimum absolute atomic E-state index is 0.0391. The third kappa shape index (κ3) is 2.69. The summed E-state index contributed by atoms with van der Waals surface area (Å²) in [5.41, 5.74) is -2.77. The number of urea groups is 1. The normalized spacial score (nSPS) is 20.2. The van der Waals surface area contributed by atoms with Gasteiger partial charge in [0.2, 0.25) is 0 Å². The van der Waals surface area contributed by atoms with Gasteiger partial charge in [-0.2, -0.15) is 13.2 Å². The van der Waals surface area contributed by atoms with Crippen molar-refractivity contribution < 1.29 is 22.8 Å². The number of para-hydroxylation sites is 2. The number of hydrogen-bond acceptors (Lipinski definition) is 5. The lowest BCUT2D eigenvalue weighted by atomic mass is 10.1. The summed E-state index contributed by atoms with van der Waals surface area (Å²) >= 11 is 0.955. The molecule has 1 aliphatic heterocycles. The minimum atomic E-state index is -5.10. The van der Waals surface area contributed by atoms with E-state index in [1.807, 2.05) is 0 Å². The molecule has 27 heavy (non-hydrogen) atoms. The summed E-state index contributed by atoms with van der Waals surface area (Å²) in [6.07, 6.45) is -5.10. The summed E-state index contributed by atoms with van der Waals surface area (Å²) in [4.78, 5) is 29.5. The number of carbonyl (C=O) groups excluding carboxylic acids is 2. The van der Waals surface area contributed by atoms with E-state index in [9.17, 15) is 22.8 Å². The van der Waals surface area contributed by atoms with Crippen LogP contribution in [0.25, 0.3) is 10.2 Å². The monoisotopic (exact) mass is 392 g/mol. The van der Waals surface area contributed by atoms with Crippen LogP contribution in [0.2, 0.25) is 0 Å². The molecule has 3 amide bonds. The van der Waals surface area contributed by atoms with Gasteiger partial charge < -0.3 is 5.32 Å². The maximum absolute atomic E-state index is 13.9. The van der Waals surface area contributed by atoms with Crippen LogP contribution in [-0.4, -0.2) is 28.8 Å². The largest absolute Gasteiger partial charge is 0.440 e. The van der Waals surface area contributed by atoms with Crippen LogP contribution in [0.4, 0.5) is 28.8 Å². The second-order valence-electron chi connectivity index (χ2n) is 5.77. The molecule has 2 heterocycles. The fourth-order valence-corrected chi connectivity index (χ4v) is 3.70. The van der Waals surface area contributed by atoms with Crippen molar-refractivity contribution in [3.8, 4) is 0 Å². The van der Waals surface area contributed by atoms with Crippen molar-refractivity contribution in [2.75, 3.05) is 10.2 Å². The van der Waals surface area contributed by atoms with Gasteiger partial charge >= 0.3 is 12.2 Å². The average Bonchev–Trinajstić information content (AvgIpc) is 3.14. The molecule has 2 N–H and O–H groups in total. The number of fused-ring (bicyclic) bond motifs is 1. The van der Waals surface area contributed by atoms with Crippen molar-refractivity contribution in [3.05, 3.63) is 54.6 Å². The van der Waals surface area contributed by atoms with Gasteiger partial charge in [0, 0.05) is 0 Å². The number of aromatic nitrogens is 1. The number of anilines is 2.